The molecule has 6 nitrogen and oxygen atoms in total. The van der Waals surface area contributed by atoms with Gasteiger partial charge in [0.2, 0.25) is 0 Å². The maximum atomic E-state index is 5.98. The molecular formula is C20H17N5O. The second-order valence-corrected chi connectivity index (χ2v) is 6.26. The van der Waals surface area contributed by atoms with Crippen molar-refractivity contribution in [3.8, 4) is 22.9 Å². The zero-order valence-corrected chi connectivity index (χ0v) is 14.0. The van der Waals surface area contributed by atoms with Crippen LogP contribution in [0.1, 0.15) is 5.56 Å². The number of nitrogens with zero attached hydrogens (tertiary/aromatic N) is 2. The number of furan rings is 1. The van der Waals surface area contributed by atoms with E-state index in [4.69, 9.17) is 10.2 Å². The molecule has 2 aromatic heterocycles. The van der Waals surface area contributed by atoms with E-state index in [0.29, 0.717) is 11.6 Å². The van der Waals surface area contributed by atoms with Crippen LogP contribution in [0.4, 0.5) is 5.69 Å². The number of aromatic nitrogens is 2. The van der Waals surface area contributed by atoms with Crippen LogP contribution in [-0.2, 0) is 0 Å². The van der Waals surface area contributed by atoms with Crippen LogP contribution in [0, 0.1) is 0 Å². The molecule has 2 aromatic carbocycles. The van der Waals surface area contributed by atoms with E-state index in [1.54, 1.807) is 0 Å². The van der Waals surface area contributed by atoms with Crippen LogP contribution >= 0.6 is 0 Å². The predicted octanol–water partition coefficient (Wildman–Crippen LogP) is 3.42. The fraction of sp³-hybridized carbons (Fsp3) is 0.100. The normalized spacial score (nSPS) is 13.8. The summed E-state index contributed by atoms with van der Waals surface area (Å²) >= 11 is 0. The van der Waals surface area contributed by atoms with E-state index in [-0.39, 0.29) is 0 Å². The van der Waals surface area contributed by atoms with Crippen LogP contribution < -0.4 is 11.1 Å². The van der Waals surface area contributed by atoms with E-state index >= 15 is 0 Å². The monoisotopic (exact) mass is 343 g/mol. The van der Waals surface area contributed by atoms with Gasteiger partial charge in [0.1, 0.15) is 11.6 Å². The first-order valence-corrected chi connectivity index (χ1v) is 8.51. The minimum absolute atomic E-state index is 0.700. The molecule has 6 heteroatoms. The topological polar surface area (TPSA) is 92.2 Å². The van der Waals surface area contributed by atoms with Gasteiger partial charge >= 0.3 is 0 Å². The molecule has 26 heavy (non-hydrogen) atoms. The van der Waals surface area contributed by atoms with Crippen LogP contribution in [0.15, 0.2) is 64.0 Å². The summed E-state index contributed by atoms with van der Waals surface area (Å²) in [5, 5.41) is 3.29. The highest BCUT2D eigenvalue weighted by Gasteiger charge is 2.13. The van der Waals surface area contributed by atoms with E-state index in [0.717, 1.165) is 52.5 Å². The maximum absolute atomic E-state index is 5.98. The second-order valence-electron chi connectivity index (χ2n) is 6.26. The standard InChI is InChI=1S/C20H17N5O/c21-14-4-1-12(2-5-14)17-7-8-18(26-17)20-24-15-6-3-13(11-16(15)25-20)19-22-9-10-23-19/h1-8,11H,9-10,21H2,(H,22,23)(H,24,25). The molecule has 3 heterocycles. The number of aliphatic imine (C=N–C) groups is 1. The number of nitrogens with one attached hydrogen (secondary N) is 2. The van der Waals surface area contributed by atoms with Crippen molar-refractivity contribution in [3.05, 3.63) is 60.2 Å². The Bertz CT molecular complexity index is 1120. The molecule has 1 aliphatic heterocycles. The van der Waals surface area contributed by atoms with Gasteiger partial charge in [-0.3, -0.25) is 4.99 Å². The number of H-pyrrole nitrogens is 1. The van der Waals surface area contributed by atoms with Crippen molar-refractivity contribution in [2.24, 2.45) is 4.99 Å². The van der Waals surface area contributed by atoms with Crippen molar-refractivity contribution >= 4 is 22.6 Å². The van der Waals surface area contributed by atoms with Gasteiger partial charge in [-0.2, -0.15) is 0 Å². The number of benzene rings is 2. The van der Waals surface area contributed by atoms with Gasteiger partial charge in [0.05, 0.1) is 17.6 Å². The molecule has 4 aromatic rings. The summed E-state index contributed by atoms with van der Waals surface area (Å²) in [5.74, 6) is 3.13. The third-order valence-corrected chi connectivity index (χ3v) is 4.46. The van der Waals surface area contributed by atoms with E-state index in [1.165, 1.54) is 0 Å². The first-order chi connectivity index (χ1) is 12.8. The Balaban J connectivity index is 1.50. The first-order valence-electron chi connectivity index (χ1n) is 8.51. The first kappa shape index (κ1) is 14.8. The lowest BCUT2D eigenvalue weighted by atomic mass is 10.1. The number of fused-ring (bicyclic) bond motifs is 1. The van der Waals surface area contributed by atoms with Crippen molar-refractivity contribution in [2.45, 2.75) is 0 Å². The molecule has 0 aliphatic carbocycles. The highest BCUT2D eigenvalue weighted by molar-refractivity contribution is 6.02. The van der Waals surface area contributed by atoms with Crippen molar-refractivity contribution in [3.63, 3.8) is 0 Å². The van der Waals surface area contributed by atoms with Gasteiger partial charge in [-0.05, 0) is 54.6 Å². The second kappa shape index (κ2) is 5.77. The summed E-state index contributed by atoms with van der Waals surface area (Å²) in [6.45, 7) is 1.71. The van der Waals surface area contributed by atoms with Gasteiger partial charge in [-0.25, -0.2) is 4.98 Å². The lowest BCUT2D eigenvalue weighted by molar-refractivity contribution is 0.593. The van der Waals surface area contributed by atoms with Gasteiger partial charge in [-0.1, -0.05) is 0 Å². The van der Waals surface area contributed by atoms with Crippen LogP contribution in [0.3, 0.4) is 0 Å². The summed E-state index contributed by atoms with van der Waals surface area (Å²) in [5.41, 5.74) is 10.4. The Kier molecular flexibility index (Phi) is 3.28. The largest absolute Gasteiger partial charge is 0.453 e. The lowest BCUT2D eigenvalue weighted by Gasteiger charge is -2.01. The van der Waals surface area contributed by atoms with Gasteiger partial charge in [0, 0.05) is 23.4 Å². The number of amidine groups is 1. The van der Waals surface area contributed by atoms with Crippen molar-refractivity contribution in [2.75, 3.05) is 18.8 Å². The number of anilines is 1. The fourth-order valence-corrected chi connectivity index (χ4v) is 3.13. The minimum Gasteiger partial charge on any atom is -0.453 e. The molecular weight excluding hydrogens is 326 g/mol. The van der Waals surface area contributed by atoms with E-state index < -0.39 is 0 Å². The van der Waals surface area contributed by atoms with E-state index in [1.807, 2.05) is 48.5 Å². The van der Waals surface area contributed by atoms with Crippen LogP contribution in [0.5, 0.6) is 0 Å². The lowest BCUT2D eigenvalue weighted by Crippen LogP contribution is -2.19. The Labute approximate surface area is 149 Å². The van der Waals surface area contributed by atoms with Gasteiger partial charge in [-0.15, -0.1) is 0 Å². The third-order valence-electron chi connectivity index (χ3n) is 4.46. The molecule has 128 valence electrons. The van der Waals surface area contributed by atoms with Gasteiger partial charge < -0.3 is 20.5 Å². The summed E-state index contributed by atoms with van der Waals surface area (Å²) in [6, 6.07) is 17.6. The van der Waals surface area contributed by atoms with E-state index in [9.17, 15) is 0 Å². The highest BCUT2D eigenvalue weighted by atomic mass is 16.3. The number of hydrogen-bond donors (Lipinski definition) is 3. The number of nitrogens with two attached hydrogens (primary N) is 1. The molecule has 0 unspecified atom stereocenters. The molecule has 0 atom stereocenters. The average Bonchev–Trinajstić information content (AvgIpc) is 3.40. The zero-order chi connectivity index (χ0) is 17.5. The number of imidazole rings is 1. The average molecular weight is 343 g/mol. The molecule has 0 fully saturated rings. The van der Waals surface area contributed by atoms with Crippen LogP contribution in [0.2, 0.25) is 0 Å². The number of aromatic amines is 1. The van der Waals surface area contributed by atoms with E-state index in [2.05, 4.69) is 26.3 Å². The maximum Gasteiger partial charge on any atom is 0.174 e. The predicted molar refractivity (Wildman–Crippen MR) is 103 cm³/mol. The molecule has 0 bridgehead atoms. The molecule has 4 N–H and O–H groups in total. The summed E-state index contributed by atoms with van der Waals surface area (Å²) < 4.78 is 5.98. The fourth-order valence-electron chi connectivity index (χ4n) is 3.13. The number of nitrogen functional groups attached to an aromatic ring is 1. The van der Waals surface area contributed by atoms with Crippen LogP contribution in [-0.4, -0.2) is 28.9 Å². The minimum atomic E-state index is 0.700. The summed E-state index contributed by atoms with van der Waals surface area (Å²) in [6.07, 6.45) is 0. The van der Waals surface area contributed by atoms with Crippen molar-refractivity contribution < 1.29 is 4.42 Å². The SMILES string of the molecule is Nc1ccc(-c2ccc(-c3nc4ccc(C5=NCCN5)cc4[nH]3)o2)cc1. The van der Waals surface area contributed by atoms with Crippen molar-refractivity contribution in [1.29, 1.82) is 0 Å². The summed E-state index contributed by atoms with van der Waals surface area (Å²) in [7, 11) is 0. The quantitative estimate of drug-likeness (QED) is 0.497. The zero-order valence-electron chi connectivity index (χ0n) is 14.0. The smallest absolute Gasteiger partial charge is 0.174 e. The molecule has 0 saturated heterocycles. The molecule has 0 amide bonds. The molecule has 5 rings (SSSR count). The van der Waals surface area contributed by atoms with Gasteiger partial charge in [0.25, 0.3) is 0 Å². The number of hydrogen-bond acceptors (Lipinski definition) is 5. The molecule has 0 saturated carbocycles. The summed E-state index contributed by atoms with van der Waals surface area (Å²) in [4.78, 5) is 12.4. The van der Waals surface area contributed by atoms with Crippen LogP contribution in [0.25, 0.3) is 33.9 Å². The number of rotatable bonds is 3. The Morgan fingerprint density at radius 1 is 0.923 bits per heavy atom. The molecule has 1 aliphatic rings. The van der Waals surface area contributed by atoms with Gasteiger partial charge in [0.15, 0.2) is 11.6 Å². The third kappa shape index (κ3) is 2.52. The van der Waals surface area contributed by atoms with Crippen molar-refractivity contribution in [1.82, 2.24) is 15.3 Å². The molecule has 0 radical (unpaired) electrons. The highest BCUT2D eigenvalue weighted by Crippen LogP contribution is 2.29. The Morgan fingerprint density at radius 3 is 2.54 bits per heavy atom. The Morgan fingerprint density at radius 2 is 1.73 bits per heavy atom. The molecule has 0 spiro atoms. The Hall–Kier alpha value is -3.54.